The van der Waals surface area contributed by atoms with E-state index in [2.05, 4.69) is 24.8 Å². The van der Waals surface area contributed by atoms with Gasteiger partial charge in [-0.3, -0.25) is 4.79 Å². The van der Waals surface area contributed by atoms with Crippen molar-refractivity contribution in [3.63, 3.8) is 0 Å². The standard InChI is InChI=1S/C19H23ClN4O/c1-12(2)16-11-17(24-9-7-13(8-10-24)18(21)25)23-19(22-16)14-3-5-15(20)6-4-14/h3-6,11-13H,7-10H2,1-2H3,(H2,21,25). The molecule has 0 radical (unpaired) electrons. The number of nitrogens with zero attached hydrogens (tertiary/aromatic N) is 3. The highest BCUT2D eigenvalue weighted by atomic mass is 35.5. The van der Waals surface area contributed by atoms with Crippen molar-refractivity contribution in [2.24, 2.45) is 11.7 Å². The molecule has 25 heavy (non-hydrogen) atoms. The maximum absolute atomic E-state index is 11.4. The molecule has 5 nitrogen and oxygen atoms in total. The fourth-order valence-corrected chi connectivity index (χ4v) is 3.16. The first-order valence-electron chi connectivity index (χ1n) is 8.63. The summed E-state index contributed by atoms with van der Waals surface area (Å²) in [6.45, 7) is 5.80. The molecule has 1 amide bonds. The largest absolute Gasteiger partial charge is 0.369 e. The molecule has 1 saturated heterocycles. The van der Waals surface area contributed by atoms with Gasteiger partial charge in [0.05, 0.1) is 0 Å². The fourth-order valence-electron chi connectivity index (χ4n) is 3.03. The quantitative estimate of drug-likeness (QED) is 0.905. The van der Waals surface area contributed by atoms with Gasteiger partial charge in [-0.1, -0.05) is 25.4 Å². The number of piperidine rings is 1. The number of hydrogen-bond donors (Lipinski definition) is 1. The molecule has 132 valence electrons. The molecule has 1 aliphatic heterocycles. The molecule has 1 fully saturated rings. The lowest BCUT2D eigenvalue weighted by Crippen LogP contribution is -2.39. The second-order valence-electron chi connectivity index (χ2n) is 6.80. The van der Waals surface area contributed by atoms with E-state index in [1.807, 2.05) is 24.3 Å². The SMILES string of the molecule is CC(C)c1cc(N2CCC(C(N)=O)CC2)nc(-c2ccc(Cl)cc2)n1. The van der Waals surface area contributed by atoms with E-state index in [0.717, 1.165) is 43.0 Å². The van der Waals surface area contributed by atoms with Crippen molar-refractivity contribution in [2.45, 2.75) is 32.6 Å². The summed E-state index contributed by atoms with van der Waals surface area (Å²) < 4.78 is 0. The van der Waals surface area contributed by atoms with Crippen LogP contribution >= 0.6 is 11.6 Å². The second-order valence-corrected chi connectivity index (χ2v) is 7.24. The Morgan fingerprint density at radius 2 is 1.84 bits per heavy atom. The molecule has 2 N–H and O–H groups in total. The van der Waals surface area contributed by atoms with E-state index in [1.165, 1.54) is 0 Å². The minimum atomic E-state index is -0.202. The van der Waals surface area contributed by atoms with Crippen molar-refractivity contribution in [1.82, 2.24) is 9.97 Å². The number of aromatic nitrogens is 2. The van der Waals surface area contributed by atoms with Crippen LogP contribution in [0.5, 0.6) is 0 Å². The number of rotatable bonds is 4. The Morgan fingerprint density at radius 3 is 2.40 bits per heavy atom. The van der Waals surface area contributed by atoms with Crippen LogP contribution in [0.3, 0.4) is 0 Å². The molecule has 0 aliphatic carbocycles. The normalized spacial score (nSPS) is 15.6. The van der Waals surface area contributed by atoms with Crippen LogP contribution in [-0.4, -0.2) is 29.0 Å². The monoisotopic (exact) mass is 358 g/mol. The van der Waals surface area contributed by atoms with Crippen LogP contribution < -0.4 is 10.6 Å². The summed E-state index contributed by atoms with van der Waals surface area (Å²) in [5, 5.41) is 0.692. The van der Waals surface area contributed by atoms with Crippen LogP contribution in [0.2, 0.25) is 5.02 Å². The average molecular weight is 359 g/mol. The Hall–Kier alpha value is -2.14. The number of benzene rings is 1. The number of primary amides is 1. The van der Waals surface area contributed by atoms with Gasteiger partial charge >= 0.3 is 0 Å². The van der Waals surface area contributed by atoms with Gasteiger partial charge in [0.25, 0.3) is 0 Å². The van der Waals surface area contributed by atoms with E-state index >= 15 is 0 Å². The van der Waals surface area contributed by atoms with E-state index in [4.69, 9.17) is 27.3 Å². The van der Waals surface area contributed by atoms with E-state index in [1.54, 1.807) is 0 Å². The lowest BCUT2D eigenvalue weighted by Gasteiger charge is -2.32. The van der Waals surface area contributed by atoms with Gasteiger partial charge in [-0.2, -0.15) is 0 Å². The molecule has 3 rings (SSSR count). The Balaban J connectivity index is 1.91. The first kappa shape index (κ1) is 17.7. The van der Waals surface area contributed by atoms with Crippen molar-refractivity contribution in [2.75, 3.05) is 18.0 Å². The van der Waals surface area contributed by atoms with E-state index in [9.17, 15) is 4.79 Å². The van der Waals surface area contributed by atoms with Gasteiger partial charge in [0, 0.05) is 41.4 Å². The molecule has 0 saturated carbocycles. The summed E-state index contributed by atoms with van der Waals surface area (Å²) in [6.07, 6.45) is 1.54. The molecule has 1 aliphatic rings. The predicted molar refractivity (Wildman–Crippen MR) is 101 cm³/mol. The van der Waals surface area contributed by atoms with Crippen LogP contribution in [0.4, 0.5) is 5.82 Å². The maximum Gasteiger partial charge on any atom is 0.220 e. The predicted octanol–water partition coefficient (Wildman–Crippen LogP) is 3.62. The lowest BCUT2D eigenvalue weighted by molar-refractivity contribution is -0.122. The zero-order valence-corrected chi connectivity index (χ0v) is 15.3. The third kappa shape index (κ3) is 4.10. The molecule has 2 aromatic rings. The number of hydrogen-bond acceptors (Lipinski definition) is 4. The summed E-state index contributed by atoms with van der Waals surface area (Å²) >= 11 is 5.99. The minimum Gasteiger partial charge on any atom is -0.369 e. The van der Waals surface area contributed by atoms with Gasteiger partial charge in [-0.15, -0.1) is 0 Å². The highest BCUT2D eigenvalue weighted by Crippen LogP contribution is 2.27. The van der Waals surface area contributed by atoms with Crippen LogP contribution in [0.15, 0.2) is 30.3 Å². The molecular formula is C19H23ClN4O. The van der Waals surface area contributed by atoms with E-state index in [-0.39, 0.29) is 11.8 Å². The summed E-state index contributed by atoms with van der Waals surface area (Å²) in [5.74, 6) is 1.68. The first-order chi connectivity index (χ1) is 11.9. The second kappa shape index (κ2) is 7.40. The summed E-state index contributed by atoms with van der Waals surface area (Å²) in [4.78, 5) is 23.1. The minimum absolute atomic E-state index is 0.0293. The molecule has 0 bridgehead atoms. The molecule has 2 heterocycles. The van der Waals surface area contributed by atoms with E-state index in [0.29, 0.717) is 16.8 Å². The number of amides is 1. The van der Waals surface area contributed by atoms with E-state index < -0.39 is 0 Å². The zero-order valence-electron chi connectivity index (χ0n) is 14.6. The fraction of sp³-hybridized carbons (Fsp3) is 0.421. The van der Waals surface area contributed by atoms with Crippen LogP contribution in [-0.2, 0) is 4.79 Å². The van der Waals surface area contributed by atoms with Crippen LogP contribution in [0.1, 0.15) is 38.3 Å². The smallest absolute Gasteiger partial charge is 0.220 e. The Morgan fingerprint density at radius 1 is 1.20 bits per heavy atom. The van der Waals surface area contributed by atoms with Gasteiger partial charge in [0.2, 0.25) is 5.91 Å². The van der Waals surface area contributed by atoms with Crippen molar-refractivity contribution in [3.8, 4) is 11.4 Å². The number of halogens is 1. The molecule has 1 aromatic heterocycles. The first-order valence-corrected chi connectivity index (χ1v) is 9.01. The molecule has 0 unspecified atom stereocenters. The molecule has 0 spiro atoms. The van der Waals surface area contributed by atoms with Crippen molar-refractivity contribution >= 4 is 23.3 Å². The number of carbonyl (C=O) groups excluding carboxylic acids is 1. The molecule has 6 heteroatoms. The van der Waals surface area contributed by atoms with Crippen LogP contribution in [0.25, 0.3) is 11.4 Å². The number of nitrogens with two attached hydrogens (primary N) is 1. The number of carbonyl (C=O) groups is 1. The van der Waals surface area contributed by atoms with Crippen molar-refractivity contribution in [1.29, 1.82) is 0 Å². The molecule has 0 atom stereocenters. The van der Waals surface area contributed by atoms with Gasteiger partial charge in [-0.05, 0) is 43.0 Å². The lowest BCUT2D eigenvalue weighted by atomic mass is 9.96. The molecular weight excluding hydrogens is 336 g/mol. The highest BCUT2D eigenvalue weighted by molar-refractivity contribution is 6.30. The topological polar surface area (TPSA) is 72.1 Å². The highest BCUT2D eigenvalue weighted by Gasteiger charge is 2.24. The summed E-state index contributed by atoms with van der Waals surface area (Å²) in [7, 11) is 0. The Labute approximate surface area is 153 Å². The number of anilines is 1. The summed E-state index contributed by atoms with van der Waals surface area (Å²) in [6, 6.07) is 9.62. The van der Waals surface area contributed by atoms with Gasteiger partial charge in [-0.25, -0.2) is 9.97 Å². The van der Waals surface area contributed by atoms with Gasteiger partial charge < -0.3 is 10.6 Å². The third-order valence-corrected chi connectivity index (χ3v) is 4.90. The van der Waals surface area contributed by atoms with Crippen molar-refractivity contribution in [3.05, 3.63) is 41.0 Å². The van der Waals surface area contributed by atoms with Gasteiger partial charge in [0.15, 0.2) is 5.82 Å². The van der Waals surface area contributed by atoms with Gasteiger partial charge in [0.1, 0.15) is 5.82 Å². The Kier molecular flexibility index (Phi) is 5.23. The molecule has 1 aromatic carbocycles. The summed E-state index contributed by atoms with van der Waals surface area (Å²) in [5.41, 5.74) is 7.38. The Bertz CT molecular complexity index is 753. The maximum atomic E-state index is 11.4. The van der Waals surface area contributed by atoms with Crippen molar-refractivity contribution < 1.29 is 4.79 Å². The van der Waals surface area contributed by atoms with Crippen LogP contribution in [0, 0.1) is 5.92 Å². The third-order valence-electron chi connectivity index (χ3n) is 4.65. The average Bonchev–Trinajstić information content (AvgIpc) is 2.62. The zero-order chi connectivity index (χ0) is 18.0.